The van der Waals surface area contributed by atoms with Gasteiger partial charge in [-0.05, 0) is 0 Å². The highest BCUT2D eigenvalue weighted by Crippen LogP contribution is 2.20. The van der Waals surface area contributed by atoms with E-state index in [2.05, 4.69) is 31.3 Å². The van der Waals surface area contributed by atoms with Gasteiger partial charge >= 0.3 is 0 Å². The minimum Gasteiger partial charge on any atom is -0.378 e. The second-order valence-corrected chi connectivity index (χ2v) is 3.96. The summed E-state index contributed by atoms with van der Waals surface area (Å²) in [5.41, 5.74) is 0. The van der Waals surface area contributed by atoms with Crippen LogP contribution in [0.5, 0.6) is 0 Å². The average molecular weight is 254 g/mol. The summed E-state index contributed by atoms with van der Waals surface area (Å²) in [6, 6.07) is 1.21. The first kappa shape index (κ1) is 7.27. The van der Waals surface area contributed by atoms with Gasteiger partial charge in [-0.2, -0.15) is 0 Å². The van der Waals surface area contributed by atoms with Gasteiger partial charge in [0.15, 0.2) is 0 Å². The summed E-state index contributed by atoms with van der Waals surface area (Å²) in [7, 11) is 0. The van der Waals surface area contributed by atoms with Crippen LogP contribution in [0, 0.1) is 0 Å². The lowest BCUT2D eigenvalue weighted by molar-refractivity contribution is -0.00767. The van der Waals surface area contributed by atoms with Crippen LogP contribution >= 0.6 is 22.9 Å². The number of halogens is 1. The van der Waals surface area contributed by atoms with Crippen molar-refractivity contribution in [3.05, 3.63) is 0 Å². The fourth-order valence-corrected chi connectivity index (χ4v) is 2.21. The minimum atomic E-state index is 0.605. The maximum Gasteiger partial charge on any atom is 0.0643 e. The quantitative estimate of drug-likeness (QED) is 0.487. The van der Waals surface area contributed by atoms with Crippen LogP contribution in [0.3, 0.4) is 0 Å². The number of morpholine rings is 1. The Hall–Kier alpha value is 0.610. The van der Waals surface area contributed by atoms with Gasteiger partial charge in [-0.25, -0.2) is 3.11 Å². The summed E-state index contributed by atoms with van der Waals surface area (Å²) in [6.07, 6.45) is 0. The van der Waals surface area contributed by atoms with Crippen molar-refractivity contribution in [3.8, 4) is 0 Å². The Balaban J connectivity index is 2.05. The molecule has 0 spiro atoms. The van der Waals surface area contributed by atoms with E-state index < -0.39 is 0 Å². The molecule has 2 unspecified atom stereocenters. The number of piperazine rings is 1. The van der Waals surface area contributed by atoms with Crippen LogP contribution in [0.25, 0.3) is 0 Å². The van der Waals surface area contributed by atoms with Gasteiger partial charge in [0.1, 0.15) is 0 Å². The summed E-state index contributed by atoms with van der Waals surface area (Å²) in [5, 5.41) is 3.39. The molecule has 2 aliphatic rings. The lowest BCUT2D eigenvalue weighted by atomic mass is 10.1. The maximum absolute atomic E-state index is 5.42. The minimum absolute atomic E-state index is 0.605. The van der Waals surface area contributed by atoms with E-state index in [1.54, 1.807) is 0 Å². The van der Waals surface area contributed by atoms with E-state index in [9.17, 15) is 0 Å². The topological polar surface area (TPSA) is 24.5 Å². The van der Waals surface area contributed by atoms with Crippen molar-refractivity contribution in [3.63, 3.8) is 0 Å². The van der Waals surface area contributed by atoms with E-state index in [4.69, 9.17) is 4.74 Å². The van der Waals surface area contributed by atoms with Crippen LogP contribution in [-0.2, 0) is 4.74 Å². The number of hydrogen-bond donors (Lipinski definition) is 1. The van der Waals surface area contributed by atoms with E-state index in [0.29, 0.717) is 12.1 Å². The molecule has 2 aliphatic heterocycles. The van der Waals surface area contributed by atoms with E-state index in [0.717, 1.165) is 26.3 Å². The van der Waals surface area contributed by atoms with Crippen molar-refractivity contribution >= 4 is 22.9 Å². The summed E-state index contributed by atoms with van der Waals surface area (Å²) in [5.74, 6) is 0. The number of fused-ring (bicyclic) bond motifs is 2. The normalized spacial score (nSPS) is 41.7. The lowest BCUT2D eigenvalue weighted by Crippen LogP contribution is -2.59. The van der Waals surface area contributed by atoms with Gasteiger partial charge in [0.05, 0.1) is 25.3 Å². The molecule has 0 saturated carbocycles. The number of nitrogens with zero attached hydrogens (tertiary/aromatic N) is 1. The molecule has 0 aromatic heterocycles. The summed E-state index contributed by atoms with van der Waals surface area (Å²) in [6.45, 7) is 3.96. The summed E-state index contributed by atoms with van der Waals surface area (Å²) < 4.78 is 7.82. The number of nitrogens with one attached hydrogen (secondary N) is 1. The van der Waals surface area contributed by atoms with Gasteiger partial charge < -0.3 is 10.1 Å². The Morgan fingerprint density at radius 3 is 2.40 bits per heavy atom. The van der Waals surface area contributed by atoms with Crippen molar-refractivity contribution < 1.29 is 4.74 Å². The second-order valence-electron chi connectivity index (χ2n) is 2.85. The Bertz CT molecular complexity index is 111. The molecular formula is C6H11IN2O. The predicted molar refractivity (Wildman–Crippen MR) is 47.1 cm³/mol. The Labute approximate surface area is 74.6 Å². The standard InChI is InChI=1S/C6H11IN2O/c7-9-5-1-8-2-6(9)4-10-3-5/h5-6,8H,1-4H2. The first-order valence-electron chi connectivity index (χ1n) is 3.60. The molecule has 10 heavy (non-hydrogen) atoms. The van der Waals surface area contributed by atoms with Gasteiger partial charge in [0.2, 0.25) is 0 Å². The molecule has 0 amide bonds. The monoisotopic (exact) mass is 254 g/mol. The fourth-order valence-electron chi connectivity index (χ4n) is 1.49. The van der Waals surface area contributed by atoms with Gasteiger partial charge in [0.25, 0.3) is 0 Å². The molecule has 2 heterocycles. The Morgan fingerprint density at radius 1 is 1.30 bits per heavy atom. The zero-order valence-electron chi connectivity index (χ0n) is 5.72. The molecule has 0 aromatic rings. The predicted octanol–water partition coefficient (Wildman–Crippen LogP) is 0.00900. The molecule has 0 radical (unpaired) electrons. The van der Waals surface area contributed by atoms with E-state index in [-0.39, 0.29) is 0 Å². The van der Waals surface area contributed by atoms with E-state index in [1.165, 1.54) is 0 Å². The molecule has 0 aromatic carbocycles. The van der Waals surface area contributed by atoms with Gasteiger partial charge in [-0.1, -0.05) is 0 Å². The average Bonchev–Trinajstić information content (AvgIpc) is 1.86. The smallest absolute Gasteiger partial charge is 0.0643 e. The van der Waals surface area contributed by atoms with Gasteiger partial charge in [-0.3, -0.25) is 0 Å². The molecule has 3 nitrogen and oxygen atoms in total. The number of hydrogen-bond acceptors (Lipinski definition) is 3. The first-order valence-corrected chi connectivity index (χ1v) is 4.57. The van der Waals surface area contributed by atoms with Gasteiger partial charge in [0, 0.05) is 36.0 Å². The molecular weight excluding hydrogens is 243 g/mol. The van der Waals surface area contributed by atoms with Crippen LogP contribution in [-0.4, -0.2) is 41.5 Å². The highest BCUT2D eigenvalue weighted by atomic mass is 127. The van der Waals surface area contributed by atoms with Crippen LogP contribution in [0.4, 0.5) is 0 Å². The zero-order valence-corrected chi connectivity index (χ0v) is 7.87. The fraction of sp³-hybridized carbons (Fsp3) is 1.00. The molecule has 2 bridgehead atoms. The van der Waals surface area contributed by atoms with Crippen molar-refractivity contribution in [2.45, 2.75) is 12.1 Å². The molecule has 2 atom stereocenters. The zero-order chi connectivity index (χ0) is 6.97. The number of rotatable bonds is 0. The highest BCUT2D eigenvalue weighted by molar-refractivity contribution is 14.1. The van der Waals surface area contributed by atoms with Crippen LogP contribution in [0.2, 0.25) is 0 Å². The molecule has 4 heteroatoms. The van der Waals surface area contributed by atoms with Crippen LogP contribution in [0.15, 0.2) is 0 Å². The third-order valence-electron chi connectivity index (χ3n) is 2.08. The molecule has 2 fully saturated rings. The lowest BCUT2D eigenvalue weighted by Gasteiger charge is -2.41. The highest BCUT2D eigenvalue weighted by Gasteiger charge is 2.32. The third-order valence-corrected chi connectivity index (χ3v) is 3.65. The Kier molecular flexibility index (Phi) is 2.13. The van der Waals surface area contributed by atoms with Crippen molar-refractivity contribution in [1.82, 2.24) is 8.43 Å². The Morgan fingerprint density at radius 2 is 1.90 bits per heavy atom. The molecule has 0 aliphatic carbocycles. The molecule has 2 saturated heterocycles. The largest absolute Gasteiger partial charge is 0.378 e. The maximum atomic E-state index is 5.42. The van der Waals surface area contributed by atoms with Crippen LogP contribution < -0.4 is 5.32 Å². The summed E-state index contributed by atoms with van der Waals surface area (Å²) >= 11 is 2.41. The first-order chi connectivity index (χ1) is 4.88. The molecule has 58 valence electrons. The van der Waals surface area contributed by atoms with E-state index >= 15 is 0 Å². The van der Waals surface area contributed by atoms with E-state index in [1.807, 2.05) is 0 Å². The second kappa shape index (κ2) is 2.92. The summed E-state index contributed by atoms with van der Waals surface area (Å²) in [4.78, 5) is 0. The van der Waals surface area contributed by atoms with Crippen molar-refractivity contribution in [1.29, 1.82) is 0 Å². The van der Waals surface area contributed by atoms with Gasteiger partial charge in [-0.15, -0.1) is 0 Å². The number of ether oxygens (including phenoxy) is 1. The third kappa shape index (κ3) is 1.17. The molecule has 1 N–H and O–H groups in total. The van der Waals surface area contributed by atoms with Crippen molar-refractivity contribution in [2.24, 2.45) is 0 Å². The van der Waals surface area contributed by atoms with Crippen LogP contribution in [0.1, 0.15) is 0 Å². The molecule has 2 rings (SSSR count). The van der Waals surface area contributed by atoms with Crippen molar-refractivity contribution in [2.75, 3.05) is 26.3 Å². The SMILES string of the molecule is IN1C2CNCC1COC2.